The minimum Gasteiger partial charge on any atom is -0.497 e. The molecule has 3 aromatic rings. The molecule has 358 valence electrons. The second-order valence-corrected chi connectivity index (χ2v) is 18.3. The van der Waals surface area contributed by atoms with Gasteiger partial charge in [0.05, 0.1) is 37.2 Å². The van der Waals surface area contributed by atoms with Crippen LogP contribution < -0.4 is 9.47 Å². The van der Waals surface area contributed by atoms with Gasteiger partial charge in [-0.1, -0.05) is 62.4 Å². The van der Waals surface area contributed by atoms with Crippen LogP contribution in [0.4, 0.5) is 4.79 Å². The van der Waals surface area contributed by atoms with Crippen molar-refractivity contribution in [2.75, 3.05) is 13.7 Å². The standard InChI is InChI=1S/C51H52O17/c1-27-39-41(63-29(3)53)43(56)49(7)36(65-38(55)22-19-31-17-20-34(21-18-31)64-46(57)33-15-12-16-35(23-33)59-8)24-37-50(26-61-37,67-30(4)54)42(49)45(60-25-32-13-10-9-11-14-32)51(48(39,5)6)44(66-47(58)68-51)40(27)62-28(2)52/h9-23,36-37,40-42,44-45H,24-26H2,1-8H3/b22-19+/t36-,37+,40+,41+,42-,44-,45-,49+,50-,51+/m0/s1. The van der Waals surface area contributed by atoms with E-state index in [2.05, 4.69) is 0 Å². The van der Waals surface area contributed by atoms with Crippen LogP contribution in [0.1, 0.15) is 76.4 Å². The van der Waals surface area contributed by atoms with Crippen molar-refractivity contribution in [3.05, 3.63) is 113 Å². The highest BCUT2D eigenvalue weighted by Crippen LogP contribution is 2.67. The van der Waals surface area contributed by atoms with E-state index in [0.717, 1.165) is 13.0 Å². The highest BCUT2D eigenvalue weighted by atomic mass is 16.8. The third kappa shape index (κ3) is 8.00. The quantitative estimate of drug-likeness (QED) is 0.0648. The number of ketones is 1. The van der Waals surface area contributed by atoms with Gasteiger partial charge < -0.3 is 47.4 Å². The van der Waals surface area contributed by atoms with Crippen molar-refractivity contribution >= 4 is 47.9 Å². The third-order valence-electron chi connectivity index (χ3n) is 14.0. The summed E-state index contributed by atoms with van der Waals surface area (Å²) in [6, 6.07) is 21.8. The van der Waals surface area contributed by atoms with Gasteiger partial charge in [-0.2, -0.15) is 0 Å². The summed E-state index contributed by atoms with van der Waals surface area (Å²) < 4.78 is 60.9. The highest BCUT2D eigenvalue weighted by molar-refractivity contribution is 5.96. The Morgan fingerprint density at radius 2 is 1.53 bits per heavy atom. The molecule has 17 nitrogen and oxygen atoms in total. The van der Waals surface area contributed by atoms with Gasteiger partial charge in [-0.15, -0.1) is 0 Å². The van der Waals surface area contributed by atoms with E-state index >= 15 is 4.79 Å². The molecule has 2 bridgehead atoms. The second-order valence-electron chi connectivity index (χ2n) is 18.3. The van der Waals surface area contributed by atoms with Crippen molar-refractivity contribution in [2.45, 2.75) is 109 Å². The predicted octanol–water partition coefficient (Wildman–Crippen LogP) is 6.23. The van der Waals surface area contributed by atoms with Gasteiger partial charge in [0.2, 0.25) is 0 Å². The van der Waals surface area contributed by atoms with Gasteiger partial charge in [-0.25, -0.2) is 14.4 Å². The number of esters is 5. The zero-order chi connectivity index (χ0) is 48.9. The number of Topliss-reactive ketones (excluding diaryl/α,β-unsaturated/α-hetero) is 1. The molecule has 4 fully saturated rings. The Hall–Kier alpha value is -6.85. The summed E-state index contributed by atoms with van der Waals surface area (Å²) in [7, 11) is 1.49. The van der Waals surface area contributed by atoms with E-state index in [-0.39, 0.29) is 42.1 Å². The Morgan fingerprint density at radius 3 is 2.16 bits per heavy atom. The lowest BCUT2D eigenvalue weighted by Gasteiger charge is -2.67. The fourth-order valence-electron chi connectivity index (χ4n) is 11.1. The molecule has 2 heterocycles. The molecule has 10 atom stereocenters. The molecular weight excluding hydrogens is 885 g/mol. The summed E-state index contributed by atoms with van der Waals surface area (Å²) in [6.45, 7) is 9.58. The number of rotatable bonds is 12. The van der Waals surface area contributed by atoms with E-state index in [1.807, 2.05) is 6.07 Å². The molecule has 0 N–H and O–H groups in total. The molecular formula is C51H52O17. The van der Waals surface area contributed by atoms with Crippen LogP contribution >= 0.6 is 0 Å². The van der Waals surface area contributed by atoms with E-state index < -0.39 is 106 Å². The minimum absolute atomic E-state index is 0.141. The smallest absolute Gasteiger partial charge is 0.497 e. The zero-order valence-corrected chi connectivity index (χ0v) is 38.8. The highest BCUT2D eigenvalue weighted by Gasteiger charge is 2.83. The van der Waals surface area contributed by atoms with E-state index in [0.29, 0.717) is 16.9 Å². The molecule has 1 spiro atoms. The molecule has 0 amide bonds. The fourth-order valence-corrected chi connectivity index (χ4v) is 11.1. The van der Waals surface area contributed by atoms with Crippen molar-refractivity contribution in [2.24, 2.45) is 16.7 Å². The average molecular weight is 937 g/mol. The molecule has 2 saturated carbocycles. The molecule has 2 aliphatic heterocycles. The number of carbonyl (C=O) groups is 7. The lowest BCUT2D eigenvalue weighted by molar-refractivity contribution is -0.351. The number of benzene rings is 3. The van der Waals surface area contributed by atoms with E-state index in [9.17, 15) is 28.8 Å². The third-order valence-corrected chi connectivity index (χ3v) is 14.0. The van der Waals surface area contributed by atoms with Gasteiger partial charge in [0.15, 0.2) is 35.3 Å². The van der Waals surface area contributed by atoms with Gasteiger partial charge in [-0.05, 0) is 72.5 Å². The van der Waals surface area contributed by atoms with Gasteiger partial charge >= 0.3 is 36.0 Å². The first-order valence-electron chi connectivity index (χ1n) is 22.1. The van der Waals surface area contributed by atoms with Crippen LogP contribution in [0.2, 0.25) is 0 Å². The number of carbonyl (C=O) groups excluding carboxylic acids is 7. The fraction of sp³-hybridized carbons (Fsp3) is 0.431. The Labute approximate surface area is 391 Å². The summed E-state index contributed by atoms with van der Waals surface area (Å²) in [6.07, 6.45) is -7.20. The van der Waals surface area contributed by atoms with Crippen molar-refractivity contribution in [1.29, 1.82) is 0 Å². The summed E-state index contributed by atoms with van der Waals surface area (Å²) in [4.78, 5) is 96.3. The maximum Gasteiger partial charge on any atom is 0.509 e. The number of ether oxygens (including phenoxy) is 10. The normalized spacial score (nSPS) is 30.9. The molecule has 3 aliphatic carbocycles. The van der Waals surface area contributed by atoms with Crippen LogP contribution in [0.25, 0.3) is 6.08 Å². The van der Waals surface area contributed by atoms with Crippen molar-refractivity contribution < 1.29 is 80.9 Å². The number of methoxy groups -OCH3 is 1. The monoisotopic (exact) mass is 936 g/mol. The van der Waals surface area contributed by atoms with Gasteiger partial charge in [-0.3, -0.25) is 19.2 Å². The first-order chi connectivity index (χ1) is 32.3. The largest absolute Gasteiger partial charge is 0.509 e. The molecule has 0 aromatic heterocycles. The number of hydrogen-bond donors (Lipinski definition) is 0. The first-order valence-corrected chi connectivity index (χ1v) is 22.1. The lowest BCUT2D eigenvalue weighted by atomic mass is 9.44. The maximum absolute atomic E-state index is 16.1. The summed E-state index contributed by atoms with van der Waals surface area (Å²) in [5.74, 6) is -5.28. The molecule has 2 saturated heterocycles. The predicted molar refractivity (Wildman–Crippen MR) is 235 cm³/mol. The van der Waals surface area contributed by atoms with Crippen LogP contribution in [-0.4, -0.2) is 103 Å². The van der Waals surface area contributed by atoms with E-state index in [1.54, 1.807) is 93.6 Å². The van der Waals surface area contributed by atoms with Crippen LogP contribution in [0.15, 0.2) is 96.1 Å². The molecule has 3 aromatic carbocycles. The van der Waals surface area contributed by atoms with Crippen LogP contribution in [0, 0.1) is 16.7 Å². The molecule has 17 heteroatoms. The van der Waals surface area contributed by atoms with Crippen molar-refractivity contribution in [3.63, 3.8) is 0 Å². The number of fused-ring (bicyclic) bond motifs is 4. The molecule has 5 aliphatic rings. The maximum atomic E-state index is 16.1. The Kier molecular flexibility index (Phi) is 12.6. The molecule has 8 rings (SSSR count). The van der Waals surface area contributed by atoms with Gasteiger partial charge in [0, 0.05) is 38.7 Å². The van der Waals surface area contributed by atoms with Crippen LogP contribution in [0.3, 0.4) is 0 Å². The topological polar surface area (TPSA) is 212 Å². The molecule has 0 radical (unpaired) electrons. The summed E-state index contributed by atoms with van der Waals surface area (Å²) >= 11 is 0. The first kappa shape index (κ1) is 47.6. The second kappa shape index (κ2) is 18.0. The zero-order valence-electron chi connectivity index (χ0n) is 38.8. The molecule has 0 unspecified atom stereocenters. The Balaban J connectivity index is 1.24. The van der Waals surface area contributed by atoms with Gasteiger partial charge in [0.1, 0.15) is 29.8 Å². The van der Waals surface area contributed by atoms with E-state index in [1.165, 1.54) is 34.0 Å². The van der Waals surface area contributed by atoms with Crippen molar-refractivity contribution in [1.82, 2.24) is 0 Å². The summed E-state index contributed by atoms with van der Waals surface area (Å²) in [5.41, 5.74) is -5.41. The Morgan fingerprint density at radius 1 is 0.824 bits per heavy atom. The van der Waals surface area contributed by atoms with Gasteiger partial charge in [0.25, 0.3) is 0 Å². The van der Waals surface area contributed by atoms with Crippen molar-refractivity contribution in [3.8, 4) is 11.5 Å². The Bertz CT molecular complexity index is 2600. The minimum atomic E-state index is -2.04. The summed E-state index contributed by atoms with van der Waals surface area (Å²) in [5, 5.41) is 0. The van der Waals surface area contributed by atoms with E-state index in [4.69, 9.17) is 47.4 Å². The SMILES string of the molecule is COc1cccc(C(=O)Oc2ccc(/C=C/C(=O)O[C@H]3C[C@H]4OC[C@@]4(OC(C)=O)[C@H]4[C@H](OCc5ccccc5)[C@]56OC(=O)O[C@H]5[C@H](OC(C)=O)C(C)=C([C@@H](OC(C)=O)C(=O)[C@]34C)C6(C)C)cc2)c1. The van der Waals surface area contributed by atoms with Crippen LogP contribution in [0.5, 0.6) is 11.5 Å². The number of hydrogen-bond acceptors (Lipinski definition) is 17. The van der Waals surface area contributed by atoms with Crippen LogP contribution in [-0.2, 0) is 68.5 Å². The average Bonchev–Trinajstić information content (AvgIpc) is 3.66. The molecule has 68 heavy (non-hydrogen) atoms. The lowest BCUT2D eigenvalue weighted by Crippen LogP contribution is -2.83.